The minimum absolute atomic E-state index is 0.0524. The van der Waals surface area contributed by atoms with Crippen LogP contribution in [0.5, 0.6) is 0 Å². The predicted molar refractivity (Wildman–Crippen MR) is 83.8 cm³/mol. The first-order valence-electron chi connectivity index (χ1n) is 6.72. The molecule has 0 aliphatic rings. The first-order chi connectivity index (χ1) is 10.9. The standard InChI is InChI=1S/C15H16FN5O2/c1-21(2)15-19-12(18-14(17)20-15)9-23-13(22)8-5-10-3-6-11(16)7-4-10/h3-8H,9H2,1-2H3,(H2,17,18,19,20)/b8-5+. The van der Waals surface area contributed by atoms with Crippen molar-refractivity contribution in [1.29, 1.82) is 0 Å². The van der Waals surface area contributed by atoms with E-state index in [1.807, 2.05) is 0 Å². The molecule has 23 heavy (non-hydrogen) atoms. The van der Waals surface area contributed by atoms with Gasteiger partial charge in [0.05, 0.1) is 0 Å². The molecule has 0 amide bonds. The van der Waals surface area contributed by atoms with E-state index >= 15 is 0 Å². The first-order valence-corrected chi connectivity index (χ1v) is 6.72. The third-order valence-corrected chi connectivity index (χ3v) is 2.71. The van der Waals surface area contributed by atoms with Gasteiger partial charge in [0, 0.05) is 20.2 Å². The number of halogens is 1. The van der Waals surface area contributed by atoms with E-state index in [1.54, 1.807) is 31.1 Å². The number of aromatic nitrogens is 3. The number of nitrogens with zero attached hydrogens (tertiary/aromatic N) is 4. The van der Waals surface area contributed by atoms with Gasteiger partial charge >= 0.3 is 5.97 Å². The largest absolute Gasteiger partial charge is 0.454 e. The Balaban J connectivity index is 1.95. The van der Waals surface area contributed by atoms with Crippen LogP contribution in [0.1, 0.15) is 11.4 Å². The van der Waals surface area contributed by atoms with E-state index < -0.39 is 5.97 Å². The van der Waals surface area contributed by atoms with E-state index in [0.717, 1.165) is 0 Å². The Morgan fingerprint density at radius 1 is 1.26 bits per heavy atom. The SMILES string of the molecule is CN(C)c1nc(N)nc(COC(=O)/C=C/c2ccc(F)cc2)n1. The van der Waals surface area contributed by atoms with Crippen LogP contribution in [0.15, 0.2) is 30.3 Å². The molecule has 0 unspecified atom stereocenters. The van der Waals surface area contributed by atoms with E-state index in [9.17, 15) is 9.18 Å². The third kappa shape index (κ3) is 5.03. The number of rotatable bonds is 5. The number of hydrogen-bond donors (Lipinski definition) is 1. The summed E-state index contributed by atoms with van der Waals surface area (Å²) < 4.78 is 17.8. The summed E-state index contributed by atoms with van der Waals surface area (Å²) in [5.41, 5.74) is 6.26. The number of ether oxygens (including phenoxy) is 1. The van der Waals surface area contributed by atoms with Crippen molar-refractivity contribution >= 4 is 23.9 Å². The maximum absolute atomic E-state index is 12.8. The van der Waals surface area contributed by atoms with Crippen LogP contribution in [0.2, 0.25) is 0 Å². The molecule has 0 fully saturated rings. The number of anilines is 2. The Hall–Kier alpha value is -3.03. The minimum Gasteiger partial charge on any atom is -0.454 e. The fraction of sp³-hybridized carbons (Fsp3) is 0.200. The Kier molecular flexibility index (Phi) is 5.19. The highest BCUT2D eigenvalue weighted by molar-refractivity contribution is 5.86. The van der Waals surface area contributed by atoms with Crippen LogP contribution in [-0.4, -0.2) is 35.0 Å². The zero-order valence-electron chi connectivity index (χ0n) is 12.7. The molecule has 1 aromatic heterocycles. The Bertz CT molecular complexity index is 716. The topological polar surface area (TPSA) is 94.2 Å². The van der Waals surface area contributed by atoms with Gasteiger partial charge in [0.1, 0.15) is 5.82 Å². The number of carbonyl (C=O) groups is 1. The lowest BCUT2D eigenvalue weighted by Gasteiger charge is -2.11. The van der Waals surface area contributed by atoms with Crippen molar-refractivity contribution in [3.63, 3.8) is 0 Å². The van der Waals surface area contributed by atoms with Gasteiger partial charge < -0.3 is 15.4 Å². The quantitative estimate of drug-likeness (QED) is 0.658. The van der Waals surface area contributed by atoms with E-state index in [1.165, 1.54) is 24.3 Å². The van der Waals surface area contributed by atoms with Crippen LogP contribution >= 0.6 is 0 Å². The Morgan fingerprint density at radius 3 is 2.61 bits per heavy atom. The maximum atomic E-state index is 12.8. The van der Waals surface area contributed by atoms with Crippen LogP contribution in [0, 0.1) is 5.82 Å². The highest BCUT2D eigenvalue weighted by Crippen LogP contribution is 2.07. The number of esters is 1. The second kappa shape index (κ2) is 7.30. The molecule has 0 saturated heterocycles. The summed E-state index contributed by atoms with van der Waals surface area (Å²) in [6.45, 7) is -0.125. The summed E-state index contributed by atoms with van der Waals surface area (Å²) in [7, 11) is 3.52. The van der Waals surface area contributed by atoms with Crippen molar-refractivity contribution in [1.82, 2.24) is 15.0 Å². The highest BCUT2D eigenvalue weighted by atomic mass is 19.1. The maximum Gasteiger partial charge on any atom is 0.331 e. The van der Waals surface area contributed by atoms with E-state index in [0.29, 0.717) is 11.5 Å². The van der Waals surface area contributed by atoms with Crippen molar-refractivity contribution in [2.75, 3.05) is 24.7 Å². The molecule has 0 atom stereocenters. The van der Waals surface area contributed by atoms with Crippen molar-refractivity contribution in [2.24, 2.45) is 0 Å². The number of nitrogens with two attached hydrogens (primary N) is 1. The van der Waals surface area contributed by atoms with Gasteiger partial charge in [-0.05, 0) is 23.8 Å². The van der Waals surface area contributed by atoms with E-state index in [-0.39, 0.29) is 24.2 Å². The third-order valence-electron chi connectivity index (χ3n) is 2.71. The molecule has 0 aliphatic heterocycles. The van der Waals surface area contributed by atoms with Crippen molar-refractivity contribution in [2.45, 2.75) is 6.61 Å². The average Bonchev–Trinajstić information content (AvgIpc) is 2.52. The Labute approximate surface area is 132 Å². The van der Waals surface area contributed by atoms with Crippen LogP contribution < -0.4 is 10.6 Å². The van der Waals surface area contributed by atoms with Gasteiger partial charge in [-0.2, -0.15) is 15.0 Å². The van der Waals surface area contributed by atoms with Crippen molar-refractivity contribution in [3.8, 4) is 0 Å². The number of benzene rings is 1. The highest BCUT2D eigenvalue weighted by Gasteiger charge is 2.08. The zero-order valence-corrected chi connectivity index (χ0v) is 12.7. The molecule has 120 valence electrons. The van der Waals surface area contributed by atoms with Crippen LogP contribution in [0.3, 0.4) is 0 Å². The zero-order chi connectivity index (χ0) is 16.8. The molecule has 0 radical (unpaired) electrons. The van der Waals surface area contributed by atoms with Crippen LogP contribution in [-0.2, 0) is 16.1 Å². The second-order valence-corrected chi connectivity index (χ2v) is 4.80. The molecular weight excluding hydrogens is 301 g/mol. The summed E-state index contributed by atoms with van der Waals surface area (Å²) in [4.78, 5) is 25.3. The Morgan fingerprint density at radius 2 is 1.96 bits per heavy atom. The lowest BCUT2D eigenvalue weighted by Crippen LogP contribution is -2.17. The molecule has 0 aliphatic carbocycles. The molecule has 0 saturated carbocycles. The molecule has 0 bridgehead atoms. The smallest absolute Gasteiger partial charge is 0.331 e. The molecule has 0 spiro atoms. The predicted octanol–water partition coefficient (Wildman–Crippen LogP) is 1.42. The lowest BCUT2D eigenvalue weighted by atomic mass is 10.2. The number of nitrogen functional groups attached to an aromatic ring is 1. The molecule has 2 N–H and O–H groups in total. The summed E-state index contributed by atoms with van der Waals surface area (Å²) >= 11 is 0. The minimum atomic E-state index is -0.570. The van der Waals surface area contributed by atoms with Gasteiger partial charge in [0.2, 0.25) is 11.9 Å². The number of carbonyl (C=O) groups excluding carboxylic acids is 1. The normalized spacial score (nSPS) is 10.7. The van der Waals surface area contributed by atoms with Crippen molar-refractivity contribution < 1.29 is 13.9 Å². The van der Waals surface area contributed by atoms with E-state index in [4.69, 9.17) is 10.5 Å². The molecule has 2 rings (SSSR count). The lowest BCUT2D eigenvalue weighted by molar-refractivity contribution is -0.139. The number of hydrogen-bond acceptors (Lipinski definition) is 7. The average molecular weight is 317 g/mol. The first kappa shape index (κ1) is 16.3. The van der Waals surface area contributed by atoms with Crippen molar-refractivity contribution in [3.05, 3.63) is 47.5 Å². The van der Waals surface area contributed by atoms with Gasteiger partial charge in [-0.25, -0.2) is 9.18 Å². The fourth-order valence-electron chi connectivity index (χ4n) is 1.61. The molecule has 1 heterocycles. The molecular formula is C15H16FN5O2. The summed E-state index contributed by atoms with van der Waals surface area (Å²) in [6.07, 6.45) is 2.76. The van der Waals surface area contributed by atoms with Gasteiger partial charge in [0.15, 0.2) is 12.4 Å². The van der Waals surface area contributed by atoms with Crippen LogP contribution in [0.25, 0.3) is 6.08 Å². The summed E-state index contributed by atoms with van der Waals surface area (Å²) in [5.74, 6) is -0.222. The molecule has 8 heteroatoms. The fourth-order valence-corrected chi connectivity index (χ4v) is 1.61. The summed E-state index contributed by atoms with van der Waals surface area (Å²) in [6, 6.07) is 5.72. The van der Waals surface area contributed by atoms with Gasteiger partial charge in [0.25, 0.3) is 0 Å². The summed E-state index contributed by atoms with van der Waals surface area (Å²) in [5, 5.41) is 0. The van der Waals surface area contributed by atoms with Gasteiger partial charge in [-0.15, -0.1) is 0 Å². The van der Waals surface area contributed by atoms with Crippen LogP contribution in [0.4, 0.5) is 16.3 Å². The monoisotopic (exact) mass is 317 g/mol. The van der Waals surface area contributed by atoms with Gasteiger partial charge in [-0.1, -0.05) is 12.1 Å². The molecule has 2 aromatic rings. The second-order valence-electron chi connectivity index (χ2n) is 4.80. The van der Waals surface area contributed by atoms with E-state index in [2.05, 4.69) is 15.0 Å². The molecule has 1 aromatic carbocycles. The van der Waals surface area contributed by atoms with Gasteiger partial charge in [-0.3, -0.25) is 0 Å². The molecule has 7 nitrogen and oxygen atoms in total.